The van der Waals surface area contributed by atoms with Crippen LogP contribution in [0.4, 0.5) is 0 Å². The van der Waals surface area contributed by atoms with Gasteiger partial charge in [0.1, 0.15) is 0 Å². The molecule has 18 heavy (non-hydrogen) atoms. The number of hydrogen-bond acceptors (Lipinski definition) is 4. The van der Waals surface area contributed by atoms with Crippen LogP contribution in [0, 0.1) is 5.92 Å². The Balaban J connectivity index is 2.61. The Kier molecular flexibility index (Phi) is 6.09. The zero-order valence-electron chi connectivity index (χ0n) is 12.1. The first-order valence-electron chi connectivity index (χ1n) is 6.40. The van der Waals surface area contributed by atoms with E-state index in [1.807, 2.05) is 12.1 Å². The quantitative estimate of drug-likeness (QED) is 0.801. The summed E-state index contributed by atoms with van der Waals surface area (Å²) in [5.74, 6) is 1.30. The molecular weight excluding hydrogens is 226 g/mol. The van der Waals surface area contributed by atoms with Crippen LogP contribution in [0.5, 0.6) is 5.88 Å². The largest absolute Gasteiger partial charge is 0.481 e. The molecule has 1 rings (SSSR count). The second kappa shape index (κ2) is 7.34. The van der Waals surface area contributed by atoms with Gasteiger partial charge in [-0.05, 0) is 26.1 Å². The van der Waals surface area contributed by atoms with Crippen molar-refractivity contribution in [3.8, 4) is 5.88 Å². The van der Waals surface area contributed by atoms with E-state index < -0.39 is 0 Å². The summed E-state index contributed by atoms with van der Waals surface area (Å²) in [5.41, 5.74) is 1.10. The first-order chi connectivity index (χ1) is 8.54. The van der Waals surface area contributed by atoms with Crippen molar-refractivity contribution in [3.63, 3.8) is 0 Å². The van der Waals surface area contributed by atoms with E-state index in [0.717, 1.165) is 18.7 Å². The summed E-state index contributed by atoms with van der Waals surface area (Å²) < 4.78 is 5.26. The summed E-state index contributed by atoms with van der Waals surface area (Å²) in [4.78, 5) is 6.41. The maximum atomic E-state index is 5.26. The standard InChI is InChI=1S/C14H25N3O/c1-11(2)13(10-17(3)4)16-9-12-7-6-8-15-14(12)18-5/h6-8,11,13,16H,9-10H2,1-5H3. The van der Waals surface area contributed by atoms with Crippen molar-refractivity contribution in [2.45, 2.75) is 26.4 Å². The molecule has 0 fully saturated rings. The number of ether oxygens (including phenoxy) is 1. The van der Waals surface area contributed by atoms with Crippen LogP contribution in [-0.4, -0.2) is 43.7 Å². The summed E-state index contributed by atoms with van der Waals surface area (Å²) in [6, 6.07) is 4.45. The maximum Gasteiger partial charge on any atom is 0.217 e. The van der Waals surface area contributed by atoms with Gasteiger partial charge in [0, 0.05) is 30.9 Å². The minimum absolute atomic E-state index is 0.463. The summed E-state index contributed by atoms with van der Waals surface area (Å²) in [7, 11) is 5.86. The zero-order chi connectivity index (χ0) is 13.5. The first-order valence-corrected chi connectivity index (χ1v) is 6.40. The van der Waals surface area contributed by atoms with Gasteiger partial charge in [0.15, 0.2) is 0 Å². The lowest BCUT2D eigenvalue weighted by atomic mass is 10.0. The number of rotatable bonds is 7. The van der Waals surface area contributed by atoms with Crippen LogP contribution in [0.3, 0.4) is 0 Å². The summed E-state index contributed by atoms with van der Waals surface area (Å²) in [5, 5.41) is 3.58. The van der Waals surface area contributed by atoms with E-state index in [-0.39, 0.29) is 0 Å². The molecule has 0 saturated heterocycles. The van der Waals surface area contributed by atoms with Gasteiger partial charge in [0.2, 0.25) is 5.88 Å². The highest BCUT2D eigenvalue weighted by molar-refractivity contribution is 5.25. The van der Waals surface area contributed by atoms with Crippen molar-refractivity contribution in [2.75, 3.05) is 27.7 Å². The van der Waals surface area contributed by atoms with Crippen LogP contribution in [0.1, 0.15) is 19.4 Å². The molecule has 0 amide bonds. The molecule has 0 aliphatic carbocycles. The Morgan fingerprint density at radius 1 is 1.39 bits per heavy atom. The molecule has 4 nitrogen and oxygen atoms in total. The molecule has 4 heteroatoms. The van der Waals surface area contributed by atoms with Gasteiger partial charge < -0.3 is 15.0 Å². The van der Waals surface area contributed by atoms with Crippen LogP contribution in [0.2, 0.25) is 0 Å². The molecule has 0 saturated carbocycles. The molecule has 0 aliphatic heterocycles. The van der Waals surface area contributed by atoms with Crippen LogP contribution in [0.25, 0.3) is 0 Å². The minimum atomic E-state index is 0.463. The van der Waals surface area contributed by atoms with Gasteiger partial charge in [0.05, 0.1) is 7.11 Å². The smallest absolute Gasteiger partial charge is 0.217 e. The molecule has 102 valence electrons. The Hall–Kier alpha value is -1.13. The highest BCUT2D eigenvalue weighted by Gasteiger charge is 2.14. The average Bonchev–Trinajstić information content (AvgIpc) is 2.34. The van der Waals surface area contributed by atoms with Crippen LogP contribution in [-0.2, 0) is 6.54 Å². The van der Waals surface area contributed by atoms with Crippen molar-refractivity contribution in [1.82, 2.24) is 15.2 Å². The third kappa shape index (κ3) is 4.63. The molecule has 1 N–H and O–H groups in total. The number of nitrogens with one attached hydrogen (secondary N) is 1. The van der Waals surface area contributed by atoms with Gasteiger partial charge in [-0.3, -0.25) is 0 Å². The van der Waals surface area contributed by atoms with Crippen molar-refractivity contribution in [2.24, 2.45) is 5.92 Å². The highest BCUT2D eigenvalue weighted by atomic mass is 16.5. The zero-order valence-corrected chi connectivity index (χ0v) is 12.1. The number of pyridine rings is 1. The molecule has 1 aromatic rings. The van der Waals surface area contributed by atoms with Crippen LogP contribution < -0.4 is 10.1 Å². The second-order valence-corrected chi connectivity index (χ2v) is 5.17. The number of aromatic nitrogens is 1. The third-order valence-electron chi connectivity index (χ3n) is 2.96. The van der Waals surface area contributed by atoms with Gasteiger partial charge in [0.25, 0.3) is 0 Å². The molecule has 0 aromatic carbocycles. The van der Waals surface area contributed by atoms with Gasteiger partial charge in [-0.15, -0.1) is 0 Å². The number of nitrogens with zero attached hydrogens (tertiary/aromatic N) is 2. The summed E-state index contributed by atoms with van der Waals surface area (Å²) >= 11 is 0. The lowest BCUT2D eigenvalue weighted by Crippen LogP contribution is -2.41. The molecule has 1 atom stereocenters. The van der Waals surface area contributed by atoms with Gasteiger partial charge in [-0.2, -0.15) is 0 Å². The van der Waals surface area contributed by atoms with E-state index in [4.69, 9.17) is 4.74 Å². The molecule has 0 bridgehead atoms. The molecule has 0 radical (unpaired) electrons. The minimum Gasteiger partial charge on any atom is -0.481 e. The van der Waals surface area contributed by atoms with Crippen LogP contribution >= 0.6 is 0 Å². The normalized spacial score (nSPS) is 13.1. The highest BCUT2D eigenvalue weighted by Crippen LogP contribution is 2.14. The lowest BCUT2D eigenvalue weighted by Gasteiger charge is -2.26. The van der Waals surface area contributed by atoms with E-state index in [2.05, 4.69) is 43.1 Å². The molecule has 1 heterocycles. The number of likely N-dealkylation sites (N-methyl/N-ethyl adjacent to an activating group) is 1. The Morgan fingerprint density at radius 2 is 2.11 bits per heavy atom. The summed E-state index contributed by atoms with van der Waals surface area (Å²) in [6.45, 7) is 6.29. The van der Waals surface area contributed by atoms with Gasteiger partial charge in [-0.25, -0.2) is 4.98 Å². The fraction of sp³-hybridized carbons (Fsp3) is 0.643. The summed E-state index contributed by atoms with van der Waals surface area (Å²) in [6.07, 6.45) is 1.75. The average molecular weight is 251 g/mol. The second-order valence-electron chi connectivity index (χ2n) is 5.17. The van der Waals surface area contributed by atoms with Crippen molar-refractivity contribution in [3.05, 3.63) is 23.9 Å². The van der Waals surface area contributed by atoms with Gasteiger partial charge in [-0.1, -0.05) is 19.9 Å². The predicted molar refractivity (Wildman–Crippen MR) is 74.8 cm³/mol. The van der Waals surface area contributed by atoms with Crippen molar-refractivity contribution < 1.29 is 4.74 Å². The Morgan fingerprint density at radius 3 is 2.67 bits per heavy atom. The van der Waals surface area contributed by atoms with E-state index >= 15 is 0 Å². The predicted octanol–water partition coefficient (Wildman–Crippen LogP) is 1.77. The number of hydrogen-bond donors (Lipinski definition) is 1. The Bertz CT molecular complexity index is 353. The molecule has 1 aromatic heterocycles. The maximum absolute atomic E-state index is 5.26. The molecule has 0 spiro atoms. The third-order valence-corrected chi connectivity index (χ3v) is 2.96. The topological polar surface area (TPSA) is 37.4 Å². The fourth-order valence-electron chi connectivity index (χ4n) is 1.89. The molecule has 1 unspecified atom stereocenters. The first kappa shape index (κ1) is 14.9. The van der Waals surface area contributed by atoms with Crippen molar-refractivity contribution >= 4 is 0 Å². The van der Waals surface area contributed by atoms with Gasteiger partial charge >= 0.3 is 0 Å². The molecule has 0 aliphatic rings. The van der Waals surface area contributed by atoms with E-state index in [1.165, 1.54) is 0 Å². The fourth-order valence-corrected chi connectivity index (χ4v) is 1.89. The van der Waals surface area contributed by atoms with Crippen molar-refractivity contribution in [1.29, 1.82) is 0 Å². The molecular formula is C14H25N3O. The van der Waals surface area contributed by atoms with E-state index in [1.54, 1.807) is 13.3 Å². The van der Waals surface area contributed by atoms with Crippen LogP contribution in [0.15, 0.2) is 18.3 Å². The van der Waals surface area contributed by atoms with E-state index in [0.29, 0.717) is 17.8 Å². The number of methoxy groups -OCH3 is 1. The lowest BCUT2D eigenvalue weighted by molar-refractivity contribution is 0.286. The SMILES string of the molecule is COc1ncccc1CNC(CN(C)C)C(C)C. The Labute approximate surface area is 110 Å². The van der Waals surface area contributed by atoms with E-state index in [9.17, 15) is 0 Å². The monoisotopic (exact) mass is 251 g/mol.